The fraction of sp³-hybridized carbons (Fsp3) is 0.0526. The largest absolute Gasteiger partial charge is 0.416 e. The van der Waals surface area contributed by atoms with Gasteiger partial charge in [-0.15, -0.1) is 0 Å². The Bertz CT molecular complexity index is 959. The van der Waals surface area contributed by atoms with Gasteiger partial charge in [0, 0.05) is 22.6 Å². The average Bonchev–Trinajstić information content (AvgIpc) is 2.62. The molecule has 0 aliphatic heterocycles. The lowest BCUT2D eigenvalue weighted by molar-refractivity contribution is -0.137. The van der Waals surface area contributed by atoms with Crippen LogP contribution in [0.1, 0.15) is 15.9 Å². The SMILES string of the molecule is O=C(Nc1ccc(C(F)(F)F)cc1)c1cncc(Nc2cccc(Cl)c2)c1. The van der Waals surface area contributed by atoms with Gasteiger partial charge in [-0.25, -0.2) is 0 Å². The number of amides is 1. The van der Waals surface area contributed by atoms with E-state index in [0.29, 0.717) is 10.7 Å². The van der Waals surface area contributed by atoms with Gasteiger partial charge in [0.2, 0.25) is 0 Å². The number of nitrogens with one attached hydrogen (secondary N) is 2. The van der Waals surface area contributed by atoms with Crippen LogP contribution in [0.4, 0.5) is 30.2 Å². The van der Waals surface area contributed by atoms with Gasteiger partial charge in [-0.2, -0.15) is 13.2 Å². The molecule has 1 aromatic heterocycles. The molecule has 0 bridgehead atoms. The predicted molar refractivity (Wildman–Crippen MR) is 98.4 cm³/mol. The van der Waals surface area contributed by atoms with Gasteiger partial charge in [0.1, 0.15) is 0 Å². The van der Waals surface area contributed by atoms with Crippen LogP contribution in [0.15, 0.2) is 67.0 Å². The molecule has 0 saturated carbocycles. The number of aromatic nitrogens is 1. The normalized spacial score (nSPS) is 11.1. The lowest BCUT2D eigenvalue weighted by Crippen LogP contribution is -2.13. The highest BCUT2D eigenvalue weighted by atomic mass is 35.5. The zero-order valence-electron chi connectivity index (χ0n) is 13.7. The highest BCUT2D eigenvalue weighted by molar-refractivity contribution is 6.30. The van der Waals surface area contributed by atoms with Crippen molar-refractivity contribution >= 4 is 34.6 Å². The van der Waals surface area contributed by atoms with Gasteiger partial charge in [0.15, 0.2) is 0 Å². The van der Waals surface area contributed by atoms with Crippen molar-refractivity contribution in [3.05, 3.63) is 83.1 Å². The van der Waals surface area contributed by atoms with E-state index in [1.807, 2.05) is 0 Å². The maximum Gasteiger partial charge on any atom is 0.416 e. The van der Waals surface area contributed by atoms with E-state index in [1.54, 1.807) is 30.3 Å². The molecule has 3 aromatic rings. The maximum atomic E-state index is 12.6. The van der Waals surface area contributed by atoms with Crippen molar-refractivity contribution in [2.45, 2.75) is 6.18 Å². The molecule has 27 heavy (non-hydrogen) atoms. The molecule has 138 valence electrons. The summed E-state index contributed by atoms with van der Waals surface area (Å²) in [6.07, 6.45) is -1.52. The van der Waals surface area contributed by atoms with Gasteiger partial charge < -0.3 is 10.6 Å². The summed E-state index contributed by atoms with van der Waals surface area (Å²) in [6, 6.07) is 12.8. The molecule has 2 N–H and O–H groups in total. The number of benzene rings is 2. The maximum absolute atomic E-state index is 12.6. The van der Waals surface area contributed by atoms with Crippen molar-refractivity contribution in [3.63, 3.8) is 0 Å². The molecule has 1 heterocycles. The van der Waals surface area contributed by atoms with Crippen LogP contribution in [0.3, 0.4) is 0 Å². The smallest absolute Gasteiger partial charge is 0.354 e. The van der Waals surface area contributed by atoms with Gasteiger partial charge in [0.25, 0.3) is 5.91 Å². The summed E-state index contributed by atoms with van der Waals surface area (Å²) in [4.78, 5) is 16.3. The third-order valence-electron chi connectivity index (χ3n) is 3.58. The number of pyridine rings is 1. The average molecular weight is 392 g/mol. The first-order valence-corrected chi connectivity index (χ1v) is 8.15. The molecule has 4 nitrogen and oxygen atoms in total. The first-order valence-electron chi connectivity index (χ1n) is 7.77. The summed E-state index contributed by atoms with van der Waals surface area (Å²) in [5.41, 5.74) is 1.01. The van der Waals surface area contributed by atoms with Gasteiger partial charge in [-0.05, 0) is 48.5 Å². The number of hydrogen-bond acceptors (Lipinski definition) is 3. The van der Waals surface area contributed by atoms with Crippen LogP contribution in [-0.4, -0.2) is 10.9 Å². The van der Waals surface area contributed by atoms with Crippen LogP contribution in [0.5, 0.6) is 0 Å². The quantitative estimate of drug-likeness (QED) is 0.595. The molecule has 0 radical (unpaired) electrons. The Labute approximate surface area is 158 Å². The zero-order valence-corrected chi connectivity index (χ0v) is 14.5. The van der Waals surface area contributed by atoms with Crippen LogP contribution in [0.2, 0.25) is 5.02 Å². The van der Waals surface area contributed by atoms with Crippen LogP contribution < -0.4 is 10.6 Å². The molecule has 3 rings (SSSR count). The minimum absolute atomic E-state index is 0.251. The number of rotatable bonds is 4. The first kappa shape index (κ1) is 18.7. The minimum Gasteiger partial charge on any atom is -0.354 e. The molecule has 0 aliphatic carbocycles. The van der Waals surface area contributed by atoms with E-state index in [9.17, 15) is 18.0 Å². The van der Waals surface area contributed by atoms with Gasteiger partial charge in [0.05, 0.1) is 23.0 Å². The molecular formula is C19H13ClF3N3O. The molecule has 0 aliphatic rings. The van der Waals surface area contributed by atoms with Crippen molar-refractivity contribution in [3.8, 4) is 0 Å². The van der Waals surface area contributed by atoms with Crippen molar-refractivity contribution in [2.75, 3.05) is 10.6 Å². The van der Waals surface area contributed by atoms with Crippen molar-refractivity contribution < 1.29 is 18.0 Å². The van der Waals surface area contributed by atoms with E-state index in [0.717, 1.165) is 17.8 Å². The highest BCUT2D eigenvalue weighted by Gasteiger charge is 2.30. The monoisotopic (exact) mass is 391 g/mol. The first-order chi connectivity index (χ1) is 12.8. The summed E-state index contributed by atoms with van der Waals surface area (Å²) in [5.74, 6) is -0.489. The number of halogens is 4. The Morgan fingerprint density at radius 1 is 0.926 bits per heavy atom. The van der Waals surface area contributed by atoms with E-state index < -0.39 is 17.6 Å². The van der Waals surface area contributed by atoms with Crippen LogP contribution in [-0.2, 0) is 6.18 Å². The summed E-state index contributed by atoms with van der Waals surface area (Å²) < 4.78 is 37.8. The summed E-state index contributed by atoms with van der Waals surface area (Å²) in [7, 11) is 0. The second-order valence-electron chi connectivity index (χ2n) is 5.63. The number of alkyl halides is 3. The van der Waals surface area contributed by atoms with Crippen LogP contribution >= 0.6 is 11.6 Å². The molecule has 2 aromatic carbocycles. The predicted octanol–water partition coefficient (Wildman–Crippen LogP) is 5.75. The Hall–Kier alpha value is -3.06. The zero-order chi connectivity index (χ0) is 19.4. The minimum atomic E-state index is -4.42. The molecule has 0 fully saturated rings. The van der Waals surface area contributed by atoms with E-state index in [2.05, 4.69) is 15.6 Å². The van der Waals surface area contributed by atoms with E-state index in [1.165, 1.54) is 24.5 Å². The van der Waals surface area contributed by atoms with Gasteiger partial charge in [-0.3, -0.25) is 9.78 Å². The van der Waals surface area contributed by atoms with E-state index in [4.69, 9.17) is 11.6 Å². The van der Waals surface area contributed by atoms with Crippen LogP contribution in [0.25, 0.3) is 0 Å². The lowest BCUT2D eigenvalue weighted by Gasteiger charge is -2.10. The van der Waals surface area contributed by atoms with Crippen molar-refractivity contribution in [2.24, 2.45) is 0 Å². The summed E-state index contributed by atoms with van der Waals surface area (Å²) in [6.45, 7) is 0. The Kier molecular flexibility index (Phi) is 5.32. The molecule has 0 saturated heterocycles. The lowest BCUT2D eigenvalue weighted by atomic mass is 10.2. The standard InChI is InChI=1S/C19H13ClF3N3O/c20-14-2-1-3-16(9-14)25-17-8-12(10-24-11-17)18(27)26-15-6-4-13(5-7-15)19(21,22)23/h1-11,25H,(H,26,27). The molecule has 0 spiro atoms. The van der Waals surface area contributed by atoms with E-state index in [-0.39, 0.29) is 11.3 Å². The number of hydrogen-bond donors (Lipinski definition) is 2. The molecule has 0 unspecified atom stereocenters. The number of nitrogens with zero attached hydrogens (tertiary/aromatic N) is 1. The molecular weight excluding hydrogens is 379 g/mol. The van der Waals surface area contributed by atoms with Crippen LogP contribution in [0, 0.1) is 0 Å². The summed E-state index contributed by atoms with van der Waals surface area (Å²) in [5, 5.41) is 6.18. The Morgan fingerprint density at radius 2 is 1.67 bits per heavy atom. The molecule has 0 atom stereocenters. The topological polar surface area (TPSA) is 54.0 Å². The van der Waals surface area contributed by atoms with Crippen molar-refractivity contribution in [1.29, 1.82) is 0 Å². The number of anilines is 3. The fourth-order valence-corrected chi connectivity index (χ4v) is 2.50. The highest BCUT2D eigenvalue weighted by Crippen LogP contribution is 2.30. The van der Waals surface area contributed by atoms with E-state index >= 15 is 0 Å². The summed E-state index contributed by atoms with van der Waals surface area (Å²) >= 11 is 5.93. The number of carbonyl (C=O) groups excluding carboxylic acids is 1. The molecule has 1 amide bonds. The Balaban J connectivity index is 1.72. The van der Waals surface area contributed by atoms with Gasteiger partial charge >= 0.3 is 6.18 Å². The number of carbonyl (C=O) groups is 1. The van der Waals surface area contributed by atoms with Gasteiger partial charge in [-0.1, -0.05) is 17.7 Å². The van der Waals surface area contributed by atoms with Crippen molar-refractivity contribution in [1.82, 2.24) is 4.98 Å². The third-order valence-corrected chi connectivity index (χ3v) is 3.82. The fourth-order valence-electron chi connectivity index (χ4n) is 2.31. The Morgan fingerprint density at radius 3 is 2.33 bits per heavy atom. The molecule has 8 heteroatoms. The second kappa shape index (κ2) is 7.67. The third kappa shape index (κ3) is 4.98. The second-order valence-corrected chi connectivity index (χ2v) is 6.06.